The molecule has 3 heteroatoms. The summed E-state index contributed by atoms with van der Waals surface area (Å²) in [7, 11) is 0. The summed E-state index contributed by atoms with van der Waals surface area (Å²) in [5, 5.41) is 8.46. The smallest absolute Gasteiger partial charge is 0.331 e. The second-order valence-corrected chi connectivity index (χ2v) is 2.62. The molecule has 0 radical (unpaired) electrons. The van der Waals surface area contributed by atoms with Crippen LogP contribution in [0.2, 0.25) is 0 Å². The van der Waals surface area contributed by atoms with Crippen LogP contribution in [0.4, 0.5) is 0 Å². The van der Waals surface area contributed by atoms with Crippen molar-refractivity contribution in [2.75, 3.05) is 13.2 Å². The molecule has 70 valence electrons. The second-order valence-electron chi connectivity index (χ2n) is 2.62. The van der Waals surface area contributed by atoms with E-state index >= 15 is 0 Å². The van der Waals surface area contributed by atoms with Gasteiger partial charge in [0, 0.05) is 12.2 Å². The average molecular weight is 172 g/mol. The third kappa shape index (κ3) is 5.92. The zero-order chi connectivity index (χ0) is 9.40. The third-order valence-electron chi connectivity index (χ3n) is 1.49. The summed E-state index contributed by atoms with van der Waals surface area (Å²) in [6.45, 7) is 4.76. The molecule has 0 aliphatic carbocycles. The van der Waals surface area contributed by atoms with E-state index in [1.54, 1.807) is 13.0 Å². The highest BCUT2D eigenvalue weighted by Crippen LogP contribution is 1.93. The maximum Gasteiger partial charge on any atom is 0.331 e. The van der Waals surface area contributed by atoms with Crippen molar-refractivity contribution < 1.29 is 14.6 Å². The zero-order valence-electron chi connectivity index (χ0n) is 7.67. The number of hydrogen-bond donors (Lipinski definition) is 1. The van der Waals surface area contributed by atoms with Crippen molar-refractivity contribution >= 4 is 5.97 Å². The van der Waals surface area contributed by atoms with E-state index in [-0.39, 0.29) is 0 Å². The van der Waals surface area contributed by atoms with E-state index in [1.165, 1.54) is 0 Å². The summed E-state index contributed by atoms with van der Waals surface area (Å²) in [5.74, 6) is -0.880. The Morgan fingerprint density at radius 2 is 2.25 bits per heavy atom. The van der Waals surface area contributed by atoms with Gasteiger partial charge in [-0.25, -0.2) is 4.79 Å². The van der Waals surface area contributed by atoms with Crippen LogP contribution in [0.5, 0.6) is 0 Å². The molecule has 0 bridgehead atoms. The minimum Gasteiger partial charge on any atom is -0.478 e. The molecule has 0 aromatic carbocycles. The van der Waals surface area contributed by atoms with Crippen LogP contribution in [-0.2, 0) is 9.53 Å². The van der Waals surface area contributed by atoms with Crippen LogP contribution < -0.4 is 0 Å². The largest absolute Gasteiger partial charge is 0.478 e. The molecule has 0 saturated heterocycles. The Labute approximate surface area is 73.0 Å². The molecule has 0 amide bonds. The summed E-state index contributed by atoms with van der Waals surface area (Å²) in [4.78, 5) is 10.3. The molecule has 0 rings (SSSR count). The zero-order valence-corrected chi connectivity index (χ0v) is 7.67. The molecule has 0 saturated carbocycles. The van der Waals surface area contributed by atoms with Gasteiger partial charge < -0.3 is 9.84 Å². The topological polar surface area (TPSA) is 46.5 Å². The molecule has 1 N–H and O–H groups in total. The number of carboxylic acids is 1. The molecular weight excluding hydrogens is 156 g/mol. The van der Waals surface area contributed by atoms with E-state index < -0.39 is 5.97 Å². The number of carboxylic acid groups (broad SMARTS) is 1. The molecule has 12 heavy (non-hydrogen) atoms. The van der Waals surface area contributed by atoms with Crippen molar-refractivity contribution in [3.8, 4) is 0 Å². The monoisotopic (exact) mass is 172 g/mol. The van der Waals surface area contributed by atoms with Crippen LogP contribution in [0, 0.1) is 0 Å². The predicted octanol–water partition coefficient (Wildman–Crippen LogP) is 1.83. The summed E-state index contributed by atoms with van der Waals surface area (Å²) >= 11 is 0. The van der Waals surface area contributed by atoms with Crippen molar-refractivity contribution in [1.82, 2.24) is 0 Å². The lowest BCUT2D eigenvalue weighted by molar-refractivity contribution is -0.132. The Morgan fingerprint density at radius 1 is 1.58 bits per heavy atom. The van der Waals surface area contributed by atoms with Crippen molar-refractivity contribution in [3.05, 3.63) is 11.6 Å². The van der Waals surface area contributed by atoms with Crippen LogP contribution in [0.3, 0.4) is 0 Å². The lowest BCUT2D eigenvalue weighted by Gasteiger charge is -1.98. The minimum absolute atomic E-state index is 0.339. The summed E-state index contributed by atoms with van der Waals surface area (Å²) < 4.78 is 5.16. The number of unbranched alkanes of at least 4 members (excludes halogenated alkanes) is 1. The fourth-order valence-electron chi connectivity index (χ4n) is 0.601. The van der Waals surface area contributed by atoms with E-state index in [2.05, 4.69) is 6.92 Å². The van der Waals surface area contributed by atoms with Crippen molar-refractivity contribution in [1.29, 1.82) is 0 Å². The molecular formula is C9H16O3. The first-order valence-corrected chi connectivity index (χ1v) is 4.16. The van der Waals surface area contributed by atoms with Crippen LogP contribution >= 0.6 is 0 Å². The van der Waals surface area contributed by atoms with Gasteiger partial charge in [-0.15, -0.1) is 0 Å². The highest BCUT2D eigenvalue weighted by Gasteiger charge is 1.97. The molecule has 0 aliphatic rings. The third-order valence-corrected chi connectivity index (χ3v) is 1.49. The van der Waals surface area contributed by atoms with E-state index in [0.717, 1.165) is 12.8 Å². The Kier molecular flexibility index (Phi) is 6.38. The van der Waals surface area contributed by atoms with E-state index in [1.807, 2.05) is 0 Å². The minimum atomic E-state index is -0.880. The first kappa shape index (κ1) is 11.2. The number of carbonyl (C=O) groups is 1. The maximum atomic E-state index is 10.3. The molecule has 0 atom stereocenters. The van der Waals surface area contributed by atoms with Gasteiger partial charge in [0.2, 0.25) is 0 Å². The molecule has 0 spiro atoms. The van der Waals surface area contributed by atoms with Gasteiger partial charge >= 0.3 is 5.97 Å². The van der Waals surface area contributed by atoms with Crippen molar-refractivity contribution in [2.45, 2.75) is 26.7 Å². The fourth-order valence-corrected chi connectivity index (χ4v) is 0.601. The van der Waals surface area contributed by atoms with Crippen molar-refractivity contribution in [3.63, 3.8) is 0 Å². The lowest BCUT2D eigenvalue weighted by atomic mass is 10.3. The lowest BCUT2D eigenvalue weighted by Crippen LogP contribution is -1.99. The quantitative estimate of drug-likeness (QED) is 0.491. The summed E-state index contributed by atoms with van der Waals surface area (Å²) in [6.07, 6.45) is 3.71. The fraction of sp³-hybridized carbons (Fsp3) is 0.667. The molecule has 0 aromatic rings. The Hall–Kier alpha value is -0.830. The standard InChI is InChI=1S/C9H16O3/c1-3-4-6-12-7-5-8(2)9(10)11/h5H,3-4,6-7H2,1-2H3,(H,10,11). The van der Waals surface area contributed by atoms with Gasteiger partial charge in [-0.3, -0.25) is 0 Å². The molecule has 0 heterocycles. The van der Waals surface area contributed by atoms with E-state index in [4.69, 9.17) is 9.84 Å². The van der Waals surface area contributed by atoms with Gasteiger partial charge in [-0.2, -0.15) is 0 Å². The highest BCUT2D eigenvalue weighted by molar-refractivity contribution is 5.85. The maximum absolute atomic E-state index is 10.3. The van der Waals surface area contributed by atoms with Crippen LogP contribution in [0.1, 0.15) is 26.7 Å². The first-order chi connectivity index (χ1) is 5.68. The van der Waals surface area contributed by atoms with E-state index in [0.29, 0.717) is 18.8 Å². The molecule has 3 nitrogen and oxygen atoms in total. The average Bonchev–Trinajstić information content (AvgIpc) is 2.03. The summed E-state index contributed by atoms with van der Waals surface area (Å²) in [5.41, 5.74) is 0.339. The Balaban J connectivity index is 3.40. The Morgan fingerprint density at radius 3 is 2.75 bits per heavy atom. The van der Waals surface area contributed by atoms with Gasteiger partial charge in [0.1, 0.15) is 0 Å². The van der Waals surface area contributed by atoms with Gasteiger partial charge in [-0.05, 0) is 19.4 Å². The Bertz CT molecular complexity index is 161. The van der Waals surface area contributed by atoms with Gasteiger partial charge in [0.15, 0.2) is 0 Å². The SMILES string of the molecule is CCCCOCC=C(C)C(=O)O. The van der Waals surface area contributed by atoms with Gasteiger partial charge in [0.25, 0.3) is 0 Å². The van der Waals surface area contributed by atoms with Gasteiger partial charge in [0.05, 0.1) is 6.61 Å². The van der Waals surface area contributed by atoms with Crippen LogP contribution in [0.25, 0.3) is 0 Å². The van der Waals surface area contributed by atoms with Crippen LogP contribution in [0.15, 0.2) is 11.6 Å². The number of rotatable bonds is 6. The summed E-state index contributed by atoms with van der Waals surface area (Å²) in [6, 6.07) is 0. The predicted molar refractivity (Wildman–Crippen MR) is 47.1 cm³/mol. The van der Waals surface area contributed by atoms with E-state index in [9.17, 15) is 4.79 Å². The first-order valence-electron chi connectivity index (χ1n) is 4.16. The number of ether oxygens (including phenoxy) is 1. The molecule has 0 fully saturated rings. The normalized spacial score (nSPS) is 11.7. The molecule has 0 unspecified atom stereocenters. The molecule has 0 aliphatic heterocycles. The highest BCUT2D eigenvalue weighted by atomic mass is 16.5. The second kappa shape index (κ2) is 6.85. The number of hydrogen-bond acceptors (Lipinski definition) is 2. The van der Waals surface area contributed by atoms with Crippen molar-refractivity contribution in [2.24, 2.45) is 0 Å². The number of aliphatic carboxylic acids is 1. The van der Waals surface area contributed by atoms with Gasteiger partial charge in [-0.1, -0.05) is 13.3 Å². The molecule has 0 aromatic heterocycles. The van der Waals surface area contributed by atoms with Crippen LogP contribution in [-0.4, -0.2) is 24.3 Å².